The maximum atomic E-state index is 12.6. The van der Waals surface area contributed by atoms with Crippen LogP contribution in [0, 0.1) is 5.92 Å². The summed E-state index contributed by atoms with van der Waals surface area (Å²) in [6, 6.07) is 5.59. The largest absolute Gasteiger partial charge is 0.462 e. The van der Waals surface area contributed by atoms with E-state index in [4.69, 9.17) is 4.74 Å². The summed E-state index contributed by atoms with van der Waals surface area (Å²) in [6.07, 6.45) is 0.491. The molecule has 0 bridgehead atoms. The number of rotatable bonds is 7. The lowest BCUT2D eigenvalue weighted by Gasteiger charge is -2.23. The summed E-state index contributed by atoms with van der Waals surface area (Å²) in [4.78, 5) is 49.4. The van der Waals surface area contributed by atoms with Crippen LogP contribution >= 0.6 is 0 Å². The van der Waals surface area contributed by atoms with E-state index in [1.165, 1.54) is 12.1 Å². The normalized spacial score (nSPS) is 19.2. The topological polar surface area (TPSA) is 105 Å². The molecule has 1 heterocycles. The highest BCUT2D eigenvalue weighted by Crippen LogP contribution is 2.24. The van der Waals surface area contributed by atoms with Crippen LogP contribution < -0.4 is 10.6 Å². The second-order valence-corrected chi connectivity index (χ2v) is 7.10. The van der Waals surface area contributed by atoms with Gasteiger partial charge in [0.1, 0.15) is 12.1 Å². The number of benzene rings is 1. The van der Waals surface area contributed by atoms with Crippen molar-refractivity contribution in [2.45, 2.75) is 39.7 Å². The molecule has 1 aromatic carbocycles. The van der Waals surface area contributed by atoms with Gasteiger partial charge in [0.15, 0.2) is 0 Å². The van der Waals surface area contributed by atoms with Crippen LogP contribution in [0.3, 0.4) is 0 Å². The quantitative estimate of drug-likeness (QED) is 0.561. The number of nitrogens with one attached hydrogen (secondary N) is 2. The summed E-state index contributed by atoms with van der Waals surface area (Å²) >= 11 is 0. The number of amides is 4. The molecule has 1 fully saturated rings. The molecule has 0 aromatic heterocycles. The van der Waals surface area contributed by atoms with Crippen LogP contribution in [0.4, 0.5) is 10.5 Å². The molecule has 2 rings (SSSR count). The smallest absolute Gasteiger partial charge is 0.338 e. The molecule has 0 spiro atoms. The van der Waals surface area contributed by atoms with Gasteiger partial charge in [-0.3, -0.25) is 14.5 Å². The Kier molecular flexibility index (Phi) is 6.20. The second kappa shape index (κ2) is 8.20. The fourth-order valence-corrected chi connectivity index (χ4v) is 3.09. The van der Waals surface area contributed by atoms with Crippen LogP contribution in [-0.2, 0) is 14.3 Å². The summed E-state index contributed by atoms with van der Waals surface area (Å²) in [5.41, 5.74) is -0.175. The van der Waals surface area contributed by atoms with Gasteiger partial charge in [-0.15, -0.1) is 0 Å². The molecule has 2 N–H and O–H groups in total. The zero-order valence-corrected chi connectivity index (χ0v) is 16.0. The lowest BCUT2D eigenvalue weighted by molar-refractivity contribution is -0.133. The van der Waals surface area contributed by atoms with Crippen molar-refractivity contribution in [1.82, 2.24) is 10.2 Å². The summed E-state index contributed by atoms with van der Waals surface area (Å²) in [6.45, 7) is 7.20. The number of imide groups is 1. The van der Waals surface area contributed by atoms with Crippen molar-refractivity contribution < 1.29 is 23.9 Å². The molecule has 1 aliphatic rings. The van der Waals surface area contributed by atoms with E-state index in [2.05, 4.69) is 10.6 Å². The van der Waals surface area contributed by atoms with Gasteiger partial charge in [-0.25, -0.2) is 9.59 Å². The van der Waals surface area contributed by atoms with Crippen molar-refractivity contribution in [3.63, 3.8) is 0 Å². The van der Waals surface area contributed by atoms with Crippen LogP contribution in [0.5, 0.6) is 0 Å². The van der Waals surface area contributed by atoms with E-state index in [9.17, 15) is 19.2 Å². The van der Waals surface area contributed by atoms with E-state index < -0.39 is 29.4 Å². The average Bonchev–Trinajstić information content (AvgIpc) is 2.78. The molecule has 0 radical (unpaired) electrons. The molecule has 1 aliphatic heterocycles. The number of anilines is 1. The Morgan fingerprint density at radius 2 is 1.85 bits per heavy atom. The first-order valence-electron chi connectivity index (χ1n) is 8.87. The fraction of sp³-hybridized carbons (Fsp3) is 0.474. The minimum Gasteiger partial charge on any atom is -0.462 e. The zero-order chi connectivity index (χ0) is 20.2. The van der Waals surface area contributed by atoms with E-state index in [0.29, 0.717) is 17.7 Å². The third-order valence-electron chi connectivity index (χ3n) is 4.14. The molecule has 1 saturated heterocycles. The highest BCUT2D eigenvalue weighted by molar-refractivity contribution is 6.10. The summed E-state index contributed by atoms with van der Waals surface area (Å²) in [5.74, 6) is -1.14. The van der Waals surface area contributed by atoms with Gasteiger partial charge in [-0.1, -0.05) is 13.8 Å². The molecule has 4 amide bonds. The maximum Gasteiger partial charge on any atom is 0.338 e. The van der Waals surface area contributed by atoms with E-state index in [1.807, 2.05) is 13.8 Å². The SMILES string of the molecule is CCOC(=O)c1ccc(NC(=O)CN2C(=O)N[C@@](C)(CC(C)C)C2=O)cc1. The number of esters is 1. The van der Waals surface area contributed by atoms with Crippen LogP contribution in [0.15, 0.2) is 24.3 Å². The minimum absolute atomic E-state index is 0.214. The van der Waals surface area contributed by atoms with Crippen molar-refractivity contribution in [2.75, 3.05) is 18.5 Å². The Morgan fingerprint density at radius 1 is 1.22 bits per heavy atom. The molecule has 27 heavy (non-hydrogen) atoms. The van der Waals surface area contributed by atoms with Gasteiger partial charge < -0.3 is 15.4 Å². The van der Waals surface area contributed by atoms with E-state index >= 15 is 0 Å². The molecular formula is C19H25N3O5. The van der Waals surface area contributed by atoms with Gasteiger partial charge in [0, 0.05) is 5.69 Å². The average molecular weight is 375 g/mol. The molecule has 0 saturated carbocycles. The van der Waals surface area contributed by atoms with Crippen molar-refractivity contribution in [3.05, 3.63) is 29.8 Å². The van der Waals surface area contributed by atoms with Gasteiger partial charge >= 0.3 is 12.0 Å². The van der Waals surface area contributed by atoms with Gasteiger partial charge in [0.05, 0.1) is 12.2 Å². The Hall–Kier alpha value is -2.90. The molecule has 1 aromatic rings. The number of hydrogen-bond acceptors (Lipinski definition) is 5. The van der Waals surface area contributed by atoms with Crippen LogP contribution in [0.25, 0.3) is 0 Å². The number of ether oxygens (including phenoxy) is 1. The predicted molar refractivity (Wildman–Crippen MR) is 99.1 cm³/mol. The van der Waals surface area contributed by atoms with Gasteiger partial charge in [-0.05, 0) is 50.5 Å². The molecule has 8 nitrogen and oxygen atoms in total. The summed E-state index contributed by atoms with van der Waals surface area (Å²) in [7, 11) is 0. The standard InChI is InChI=1S/C19H25N3O5/c1-5-27-16(24)13-6-8-14(9-7-13)20-15(23)11-22-17(25)19(4,10-12(2)3)21-18(22)26/h6-9,12H,5,10-11H2,1-4H3,(H,20,23)(H,21,26)/t19-/m0/s1. The van der Waals surface area contributed by atoms with Gasteiger partial charge in [0.25, 0.3) is 5.91 Å². The molecule has 146 valence electrons. The second-order valence-electron chi connectivity index (χ2n) is 7.10. The first-order chi connectivity index (χ1) is 12.7. The third-order valence-corrected chi connectivity index (χ3v) is 4.14. The minimum atomic E-state index is -0.993. The first-order valence-corrected chi connectivity index (χ1v) is 8.87. The van der Waals surface area contributed by atoms with E-state index in [-0.39, 0.29) is 19.1 Å². The van der Waals surface area contributed by atoms with Crippen molar-refractivity contribution in [2.24, 2.45) is 5.92 Å². The predicted octanol–water partition coefficient (Wildman–Crippen LogP) is 2.16. The molecule has 8 heteroatoms. The van der Waals surface area contributed by atoms with Crippen LogP contribution in [0.1, 0.15) is 44.5 Å². The van der Waals surface area contributed by atoms with Crippen molar-refractivity contribution in [1.29, 1.82) is 0 Å². The van der Waals surface area contributed by atoms with Gasteiger partial charge in [-0.2, -0.15) is 0 Å². The monoisotopic (exact) mass is 375 g/mol. The highest BCUT2D eigenvalue weighted by Gasteiger charge is 2.48. The van der Waals surface area contributed by atoms with Crippen molar-refractivity contribution in [3.8, 4) is 0 Å². The Morgan fingerprint density at radius 3 is 2.41 bits per heavy atom. The van der Waals surface area contributed by atoms with Crippen LogP contribution in [-0.4, -0.2) is 47.4 Å². The first kappa shape index (κ1) is 20.4. The lowest BCUT2D eigenvalue weighted by Crippen LogP contribution is -2.45. The highest BCUT2D eigenvalue weighted by atomic mass is 16.5. The number of nitrogens with zero attached hydrogens (tertiary/aromatic N) is 1. The molecular weight excluding hydrogens is 350 g/mol. The van der Waals surface area contributed by atoms with Crippen molar-refractivity contribution >= 4 is 29.5 Å². The number of carbonyl (C=O) groups excluding carboxylic acids is 4. The number of urea groups is 1. The Labute approximate surface area is 158 Å². The fourth-order valence-electron chi connectivity index (χ4n) is 3.09. The maximum absolute atomic E-state index is 12.6. The van der Waals surface area contributed by atoms with E-state index in [0.717, 1.165) is 4.90 Å². The Bertz CT molecular complexity index is 744. The molecule has 0 aliphatic carbocycles. The lowest BCUT2D eigenvalue weighted by atomic mass is 9.91. The van der Waals surface area contributed by atoms with Crippen LogP contribution in [0.2, 0.25) is 0 Å². The summed E-state index contributed by atoms with van der Waals surface area (Å²) < 4.78 is 4.89. The summed E-state index contributed by atoms with van der Waals surface area (Å²) in [5, 5.41) is 5.28. The Balaban J connectivity index is 1.98. The van der Waals surface area contributed by atoms with E-state index in [1.54, 1.807) is 26.0 Å². The number of carbonyl (C=O) groups is 4. The third kappa shape index (κ3) is 4.84. The molecule has 1 atom stereocenters. The van der Waals surface area contributed by atoms with Gasteiger partial charge in [0.2, 0.25) is 5.91 Å². The number of hydrogen-bond donors (Lipinski definition) is 2. The molecule has 0 unspecified atom stereocenters. The zero-order valence-electron chi connectivity index (χ0n) is 16.0.